The van der Waals surface area contributed by atoms with Gasteiger partial charge in [0.25, 0.3) is 0 Å². The van der Waals surface area contributed by atoms with E-state index < -0.39 is 0 Å². The van der Waals surface area contributed by atoms with E-state index in [2.05, 4.69) is 29.4 Å². The molecule has 1 N–H and O–H groups in total. The Hall–Kier alpha value is -0.640. The van der Waals surface area contributed by atoms with E-state index in [9.17, 15) is 0 Å². The average molecular weight is 171 g/mol. The van der Waals surface area contributed by atoms with Crippen LogP contribution in [-0.2, 0) is 0 Å². The van der Waals surface area contributed by atoms with Crippen LogP contribution in [0.15, 0.2) is 5.51 Å². The Morgan fingerprint density at radius 1 is 1.73 bits per heavy atom. The van der Waals surface area contributed by atoms with Crippen molar-refractivity contribution in [2.24, 2.45) is 5.92 Å². The molecule has 62 valence electrons. The summed E-state index contributed by atoms with van der Waals surface area (Å²) < 4.78 is 0. The standard InChI is InChI=1S/C7H13N3S/c1-3-6(2)4-8-7-10-9-5-11-7/h5-6H,3-4H2,1-2H3,(H,8,10). The topological polar surface area (TPSA) is 37.8 Å². The van der Waals surface area contributed by atoms with Crippen LogP contribution in [0.2, 0.25) is 0 Å². The first-order valence-corrected chi connectivity index (χ1v) is 4.71. The summed E-state index contributed by atoms with van der Waals surface area (Å²) in [6.45, 7) is 5.40. The summed E-state index contributed by atoms with van der Waals surface area (Å²) in [6, 6.07) is 0. The van der Waals surface area contributed by atoms with Gasteiger partial charge >= 0.3 is 0 Å². The van der Waals surface area contributed by atoms with Gasteiger partial charge in [0.05, 0.1) is 0 Å². The summed E-state index contributed by atoms with van der Waals surface area (Å²) >= 11 is 1.54. The van der Waals surface area contributed by atoms with E-state index >= 15 is 0 Å². The highest BCUT2D eigenvalue weighted by Crippen LogP contribution is 2.09. The second-order valence-electron chi connectivity index (χ2n) is 2.64. The molecule has 4 heteroatoms. The smallest absolute Gasteiger partial charge is 0.205 e. The Morgan fingerprint density at radius 3 is 3.09 bits per heavy atom. The first kappa shape index (κ1) is 8.46. The van der Waals surface area contributed by atoms with Gasteiger partial charge in [-0.1, -0.05) is 31.6 Å². The number of hydrogen-bond acceptors (Lipinski definition) is 4. The lowest BCUT2D eigenvalue weighted by Gasteiger charge is -2.07. The normalized spacial score (nSPS) is 12.9. The van der Waals surface area contributed by atoms with E-state index in [0.717, 1.165) is 11.7 Å². The Labute approximate surface area is 70.9 Å². The number of hydrogen-bond donors (Lipinski definition) is 1. The SMILES string of the molecule is CCC(C)CNc1nncs1. The molecule has 1 aromatic rings. The van der Waals surface area contributed by atoms with Gasteiger partial charge in [-0.25, -0.2) is 0 Å². The largest absolute Gasteiger partial charge is 0.360 e. The molecule has 0 spiro atoms. The quantitative estimate of drug-likeness (QED) is 0.753. The molecule has 0 saturated carbocycles. The summed E-state index contributed by atoms with van der Waals surface area (Å²) in [7, 11) is 0. The van der Waals surface area contributed by atoms with Crippen molar-refractivity contribution >= 4 is 16.5 Å². The van der Waals surface area contributed by atoms with E-state index in [1.165, 1.54) is 6.42 Å². The molecule has 1 atom stereocenters. The van der Waals surface area contributed by atoms with Crippen LogP contribution < -0.4 is 5.32 Å². The van der Waals surface area contributed by atoms with Crippen molar-refractivity contribution in [3.63, 3.8) is 0 Å². The maximum atomic E-state index is 3.88. The van der Waals surface area contributed by atoms with Crippen LogP contribution in [0.4, 0.5) is 5.13 Å². The summed E-state index contributed by atoms with van der Waals surface area (Å²) in [5, 5.41) is 11.8. The van der Waals surface area contributed by atoms with Crippen molar-refractivity contribution < 1.29 is 0 Å². The van der Waals surface area contributed by atoms with Gasteiger partial charge in [0, 0.05) is 6.54 Å². The van der Waals surface area contributed by atoms with Crippen LogP contribution in [0.3, 0.4) is 0 Å². The minimum atomic E-state index is 0.707. The summed E-state index contributed by atoms with van der Waals surface area (Å²) in [5.41, 5.74) is 1.74. The van der Waals surface area contributed by atoms with Gasteiger partial charge in [0.15, 0.2) is 0 Å². The molecule has 0 aliphatic rings. The highest BCUT2D eigenvalue weighted by Gasteiger charge is 1.99. The van der Waals surface area contributed by atoms with Gasteiger partial charge in [-0.2, -0.15) is 0 Å². The zero-order valence-electron chi connectivity index (χ0n) is 6.87. The van der Waals surface area contributed by atoms with Crippen molar-refractivity contribution in [2.75, 3.05) is 11.9 Å². The van der Waals surface area contributed by atoms with Crippen molar-refractivity contribution in [3.8, 4) is 0 Å². The third kappa shape index (κ3) is 2.84. The summed E-state index contributed by atoms with van der Waals surface area (Å²) in [6.07, 6.45) is 1.20. The lowest BCUT2D eigenvalue weighted by Crippen LogP contribution is -2.09. The maximum absolute atomic E-state index is 3.88. The monoisotopic (exact) mass is 171 g/mol. The minimum absolute atomic E-state index is 0.707. The van der Waals surface area contributed by atoms with Gasteiger partial charge in [0.2, 0.25) is 5.13 Å². The van der Waals surface area contributed by atoms with Crippen LogP contribution in [0.5, 0.6) is 0 Å². The zero-order valence-corrected chi connectivity index (χ0v) is 7.69. The van der Waals surface area contributed by atoms with Crippen molar-refractivity contribution in [1.29, 1.82) is 0 Å². The molecule has 0 fully saturated rings. The number of rotatable bonds is 4. The van der Waals surface area contributed by atoms with Crippen LogP contribution in [-0.4, -0.2) is 16.7 Å². The third-order valence-electron chi connectivity index (χ3n) is 1.66. The van der Waals surface area contributed by atoms with E-state index in [4.69, 9.17) is 0 Å². The predicted octanol–water partition coefficient (Wildman–Crippen LogP) is 2.00. The first-order chi connectivity index (χ1) is 5.33. The fraction of sp³-hybridized carbons (Fsp3) is 0.714. The molecule has 0 aromatic carbocycles. The molecule has 0 amide bonds. The molecule has 1 rings (SSSR count). The molecule has 0 saturated heterocycles. The Kier molecular flexibility index (Phi) is 3.29. The van der Waals surface area contributed by atoms with Crippen LogP contribution in [0.25, 0.3) is 0 Å². The number of nitrogens with zero attached hydrogens (tertiary/aromatic N) is 2. The minimum Gasteiger partial charge on any atom is -0.360 e. The number of nitrogens with one attached hydrogen (secondary N) is 1. The van der Waals surface area contributed by atoms with Crippen molar-refractivity contribution in [3.05, 3.63) is 5.51 Å². The maximum Gasteiger partial charge on any atom is 0.205 e. The van der Waals surface area contributed by atoms with Gasteiger partial charge in [-0.05, 0) is 5.92 Å². The molecule has 0 aliphatic heterocycles. The van der Waals surface area contributed by atoms with Crippen LogP contribution in [0, 0.1) is 5.92 Å². The fourth-order valence-electron chi connectivity index (χ4n) is 0.656. The van der Waals surface area contributed by atoms with E-state index in [0.29, 0.717) is 5.92 Å². The molecule has 1 aromatic heterocycles. The molecule has 0 aliphatic carbocycles. The van der Waals surface area contributed by atoms with Crippen LogP contribution >= 0.6 is 11.3 Å². The third-order valence-corrected chi connectivity index (χ3v) is 2.31. The van der Waals surface area contributed by atoms with Gasteiger partial charge in [0.1, 0.15) is 5.51 Å². The molecular formula is C7H13N3S. The first-order valence-electron chi connectivity index (χ1n) is 3.83. The van der Waals surface area contributed by atoms with E-state index in [-0.39, 0.29) is 0 Å². The fourth-order valence-corrected chi connectivity index (χ4v) is 1.11. The Morgan fingerprint density at radius 2 is 2.55 bits per heavy atom. The van der Waals surface area contributed by atoms with Gasteiger partial charge < -0.3 is 5.32 Å². The van der Waals surface area contributed by atoms with E-state index in [1.807, 2.05) is 0 Å². The Bertz CT molecular complexity index is 186. The summed E-state index contributed by atoms with van der Waals surface area (Å²) in [5.74, 6) is 0.707. The van der Waals surface area contributed by atoms with Gasteiger partial charge in [-0.3, -0.25) is 0 Å². The number of anilines is 1. The molecule has 3 nitrogen and oxygen atoms in total. The predicted molar refractivity (Wildman–Crippen MR) is 47.9 cm³/mol. The molecule has 1 unspecified atom stereocenters. The molecule has 1 heterocycles. The Balaban J connectivity index is 2.23. The number of aromatic nitrogens is 2. The molecule has 11 heavy (non-hydrogen) atoms. The van der Waals surface area contributed by atoms with Crippen molar-refractivity contribution in [2.45, 2.75) is 20.3 Å². The van der Waals surface area contributed by atoms with Crippen molar-refractivity contribution in [1.82, 2.24) is 10.2 Å². The van der Waals surface area contributed by atoms with E-state index in [1.54, 1.807) is 16.8 Å². The zero-order chi connectivity index (χ0) is 8.10. The average Bonchev–Trinajstić information content (AvgIpc) is 2.52. The molecular weight excluding hydrogens is 158 g/mol. The highest BCUT2D eigenvalue weighted by molar-refractivity contribution is 7.13. The summed E-state index contributed by atoms with van der Waals surface area (Å²) in [4.78, 5) is 0. The van der Waals surface area contributed by atoms with Crippen LogP contribution in [0.1, 0.15) is 20.3 Å². The lowest BCUT2D eigenvalue weighted by molar-refractivity contribution is 0.593. The molecule has 0 radical (unpaired) electrons. The second kappa shape index (κ2) is 4.28. The van der Waals surface area contributed by atoms with Gasteiger partial charge in [-0.15, -0.1) is 10.2 Å². The molecule has 0 bridgehead atoms. The highest BCUT2D eigenvalue weighted by atomic mass is 32.1. The lowest BCUT2D eigenvalue weighted by atomic mass is 10.1. The second-order valence-corrected chi connectivity index (χ2v) is 3.47.